The van der Waals surface area contributed by atoms with Crippen LogP contribution < -0.4 is 10.1 Å². The first-order valence-corrected chi connectivity index (χ1v) is 11.0. The normalized spacial score (nSPS) is 11.1. The summed E-state index contributed by atoms with van der Waals surface area (Å²) < 4.78 is 12.8. The first-order valence-electron chi connectivity index (χ1n) is 10.6. The number of ether oxygens (including phenoxy) is 1. The van der Waals surface area contributed by atoms with Crippen molar-refractivity contribution in [1.29, 1.82) is 0 Å². The molecule has 8 heteroatoms. The van der Waals surface area contributed by atoms with Gasteiger partial charge in [0, 0.05) is 23.5 Å². The molecule has 5 aromatic rings. The van der Waals surface area contributed by atoms with Gasteiger partial charge in [-0.3, -0.25) is 4.79 Å². The van der Waals surface area contributed by atoms with Gasteiger partial charge in [0.2, 0.25) is 0 Å². The molecule has 1 amide bonds. The minimum atomic E-state index is -0.380. The van der Waals surface area contributed by atoms with Crippen molar-refractivity contribution in [3.8, 4) is 28.3 Å². The number of anilines is 1. The Kier molecular flexibility index (Phi) is 5.55. The topological polar surface area (TPSA) is 81.7 Å². The molecule has 170 valence electrons. The molecule has 3 aromatic heterocycles. The third kappa shape index (κ3) is 3.80. The second-order valence-corrected chi connectivity index (χ2v) is 8.27. The van der Waals surface area contributed by atoms with E-state index >= 15 is 0 Å². The maximum atomic E-state index is 13.4. The Hall–Kier alpha value is -4.10. The zero-order valence-corrected chi connectivity index (χ0v) is 19.6. The summed E-state index contributed by atoms with van der Waals surface area (Å²) in [6, 6.07) is 16.7. The van der Waals surface area contributed by atoms with Crippen LogP contribution >= 0.6 is 11.6 Å². The number of carbonyl (C=O) groups is 1. The maximum Gasteiger partial charge on any atom is 0.261 e. The van der Waals surface area contributed by atoms with E-state index in [2.05, 4.69) is 10.5 Å². The number of benzene rings is 2. The van der Waals surface area contributed by atoms with Crippen molar-refractivity contribution in [2.45, 2.75) is 13.8 Å². The molecule has 0 bridgehead atoms. The second-order valence-electron chi connectivity index (χ2n) is 7.86. The van der Waals surface area contributed by atoms with Crippen LogP contribution in [0.3, 0.4) is 0 Å². The van der Waals surface area contributed by atoms with Gasteiger partial charge < -0.3 is 19.0 Å². The van der Waals surface area contributed by atoms with Crippen LogP contribution in [0.1, 0.15) is 21.7 Å². The number of imidazole rings is 1. The molecule has 0 saturated heterocycles. The minimum absolute atomic E-state index is 0.309. The van der Waals surface area contributed by atoms with Crippen LogP contribution in [0, 0.1) is 13.8 Å². The van der Waals surface area contributed by atoms with E-state index in [9.17, 15) is 4.79 Å². The van der Waals surface area contributed by atoms with Crippen LogP contribution in [0.15, 0.2) is 71.5 Å². The van der Waals surface area contributed by atoms with Crippen molar-refractivity contribution in [1.82, 2.24) is 14.5 Å². The quantitative estimate of drug-likeness (QED) is 0.330. The Labute approximate surface area is 200 Å². The highest BCUT2D eigenvalue weighted by Crippen LogP contribution is 2.34. The third-order valence-corrected chi connectivity index (χ3v) is 5.97. The molecule has 0 atom stereocenters. The molecule has 3 heterocycles. The van der Waals surface area contributed by atoms with Gasteiger partial charge in [-0.25, -0.2) is 4.98 Å². The molecule has 0 aliphatic heterocycles. The number of rotatable bonds is 5. The Balaban J connectivity index is 1.53. The number of methoxy groups -OCH3 is 1. The van der Waals surface area contributed by atoms with Gasteiger partial charge in [-0.1, -0.05) is 41.0 Å². The zero-order chi connectivity index (χ0) is 23.8. The summed E-state index contributed by atoms with van der Waals surface area (Å²) in [6.45, 7) is 3.71. The van der Waals surface area contributed by atoms with E-state index in [-0.39, 0.29) is 5.91 Å². The number of hydrogen-bond acceptors (Lipinski definition) is 5. The predicted octanol–water partition coefficient (Wildman–Crippen LogP) is 6.19. The van der Waals surface area contributed by atoms with Crippen LogP contribution in [0.2, 0.25) is 5.02 Å². The number of nitrogens with zero attached hydrogens (tertiary/aromatic N) is 3. The lowest BCUT2D eigenvalue weighted by Gasteiger charge is -2.12. The molecular weight excluding hydrogens is 452 g/mol. The van der Waals surface area contributed by atoms with Gasteiger partial charge in [0.05, 0.1) is 23.5 Å². The fraction of sp³-hybridized carbons (Fsp3) is 0.115. The van der Waals surface area contributed by atoms with E-state index in [1.807, 2.05) is 60.1 Å². The van der Waals surface area contributed by atoms with Crippen molar-refractivity contribution >= 4 is 28.8 Å². The summed E-state index contributed by atoms with van der Waals surface area (Å²) in [7, 11) is 1.55. The fourth-order valence-electron chi connectivity index (χ4n) is 3.92. The molecule has 0 unspecified atom stereocenters. The van der Waals surface area contributed by atoms with Crippen molar-refractivity contribution in [2.75, 3.05) is 12.4 Å². The lowest BCUT2D eigenvalue weighted by molar-refractivity contribution is 0.102. The minimum Gasteiger partial charge on any atom is -0.495 e. The predicted molar refractivity (Wildman–Crippen MR) is 132 cm³/mol. The third-order valence-electron chi connectivity index (χ3n) is 5.64. The summed E-state index contributed by atoms with van der Waals surface area (Å²) in [5.74, 6) is 0.527. The lowest BCUT2D eigenvalue weighted by Crippen LogP contribution is -2.14. The Morgan fingerprint density at radius 1 is 1.12 bits per heavy atom. The van der Waals surface area contributed by atoms with Crippen molar-refractivity contribution < 1.29 is 14.1 Å². The average Bonchev–Trinajstić information content (AvgIpc) is 3.44. The van der Waals surface area contributed by atoms with Gasteiger partial charge in [0.15, 0.2) is 0 Å². The second kappa shape index (κ2) is 8.68. The summed E-state index contributed by atoms with van der Waals surface area (Å²) in [6.07, 6.45) is 3.91. The molecule has 1 N–H and O–H groups in total. The average molecular weight is 473 g/mol. The number of halogens is 1. The molecule has 5 rings (SSSR count). The maximum absolute atomic E-state index is 13.4. The van der Waals surface area contributed by atoms with E-state index < -0.39 is 0 Å². The van der Waals surface area contributed by atoms with Crippen LogP contribution in [0.25, 0.3) is 28.2 Å². The Morgan fingerprint density at radius 2 is 1.94 bits per heavy atom. The monoisotopic (exact) mass is 472 g/mol. The van der Waals surface area contributed by atoms with Crippen molar-refractivity contribution in [2.24, 2.45) is 0 Å². The summed E-state index contributed by atoms with van der Waals surface area (Å²) in [5, 5.41) is 7.51. The highest BCUT2D eigenvalue weighted by Gasteiger charge is 2.24. The number of nitrogens with one attached hydrogen (secondary N) is 1. The van der Waals surface area contributed by atoms with Gasteiger partial charge in [-0.2, -0.15) is 0 Å². The largest absolute Gasteiger partial charge is 0.495 e. The van der Waals surface area contributed by atoms with E-state index in [0.29, 0.717) is 39.0 Å². The molecule has 0 aliphatic rings. The Bertz CT molecular complexity index is 1540. The zero-order valence-electron chi connectivity index (χ0n) is 18.8. The van der Waals surface area contributed by atoms with Gasteiger partial charge in [-0.15, -0.1) is 0 Å². The summed E-state index contributed by atoms with van der Waals surface area (Å²) >= 11 is 6.34. The SMILES string of the molecule is COc1ccc(-c2cn3cccc(C)c3n2)cc1NC(=O)c1c(-c2ccccc2Cl)noc1C. The lowest BCUT2D eigenvalue weighted by atomic mass is 10.1. The number of aryl methyl sites for hydroxylation is 2. The molecule has 0 saturated carbocycles. The number of hydrogen-bond donors (Lipinski definition) is 1. The number of aromatic nitrogens is 3. The standard InChI is InChI=1S/C26H21ClN4O3/c1-15-7-6-12-31-14-21(28-25(15)31)17-10-11-22(33-3)20(13-17)29-26(32)23-16(2)34-30-24(23)18-8-4-5-9-19(18)27/h4-14H,1-3H3,(H,29,32). The van der Waals surface area contributed by atoms with Crippen LogP contribution in [-0.2, 0) is 0 Å². The molecule has 2 aromatic carbocycles. The van der Waals surface area contributed by atoms with E-state index in [0.717, 1.165) is 22.5 Å². The highest BCUT2D eigenvalue weighted by molar-refractivity contribution is 6.33. The number of pyridine rings is 1. The van der Waals surface area contributed by atoms with Crippen molar-refractivity contribution in [3.63, 3.8) is 0 Å². The van der Waals surface area contributed by atoms with Crippen molar-refractivity contribution in [3.05, 3.63) is 88.9 Å². The first kappa shape index (κ1) is 21.7. The molecule has 7 nitrogen and oxygen atoms in total. The Morgan fingerprint density at radius 3 is 2.71 bits per heavy atom. The van der Waals surface area contributed by atoms with Gasteiger partial charge in [0.1, 0.15) is 28.4 Å². The first-order chi connectivity index (χ1) is 16.5. The summed E-state index contributed by atoms with van der Waals surface area (Å²) in [4.78, 5) is 18.1. The van der Waals surface area contributed by atoms with Crippen LogP contribution in [0.4, 0.5) is 5.69 Å². The van der Waals surface area contributed by atoms with Crippen LogP contribution in [-0.4, -0.2) is 27.6 Å². The smallest absolute Gasteiger partial charge is 0.261 e. The highest BCUT2D eigenvalue weighted by atomic mass is 35.5. The van der Waals surface area contributed by atoms with E-state index in [1.165, 1.54) is 0 Å². The molecule has 0 spiro atoms. The number of carbonyl (C=O) groups excluding carboxylic acids is 1. The van der Waals surface area contributed by atoms with E-state index in [1.54, 1.807) is 32.2 Å². The molecule has 0 radical (unpaired) electrons. The van der Waals surface area contributed by atoms with Gasteiger partial charge >= 0.3 is 0 Å². The molecular formula is C26H21ClN4O3. The number of fused-ring (bicyclic) bond motifs is 1. The number of amides is 1. The van der Waals surface area contributed by atoms with Crippen LogP contribution in [0.5, 0.6) is 5.75 Å². The van der Waals surface area contributed by atoms with Gasteiger partial charge in [0.25, 0.3) is 5.91 Å². The molecule has 0 fully saturated rings. The molecule has 0 aliphatic carbocycles. The van der Waals surface area contributed by atoms with E-state index in [4.69, 9.17) is 25.8 Å². The fourth-order valence-corrected chi connectivity index (χ4v) is 4.14. The molecule has 34 heavy (non-hydrogen) atoms. The summed E-state index contributed by atoms with van der Waals surface area (Å²) in [5.41, 5.74) is 5.39. The van der Waals surface area contributed by atoms with Gasteiger partial charge in [-0.05, 0) is 49.7 Å².